The van der Waals surface area contributed by atoms with Gasteiger partial charge >= 0.3 is 0 Å². The van der Waals surface area contributed by atoms with E-state index in [-0.39, 0.29) is 18.6 Å². The van der Waals surface area contributed by atoms with Crippen LogP contribution in [0.25, 0.3) is 11.5 Å². The summed E-state index contributed by atoms with van der Waals surface area (Å²) >= 11 is 1.48. The highest BCUT2D eigenvalue weighted by Crippen LogP contribution is 2.36. The summed E-state index contributed by atoms with van der Waals surface area (Å²) in [5.74, 6) is 2.36. The number of fused-ring (bicyclic) bond motifs is 1. The van der Waals surface area contributed by atoms with Gasteiger partial charge in [0.25, 0.3) is 5.91 Å². The van der Waals surface area contributed by atoms with E-state index in [0.717, 1.165) is 30.0 Å². The van der Waals surface area contributed by atoms with Gasteiger partial charge in [-0.1, -0.05) is 0 Å². The van der Waals surface area contributed by atoms with Crippen molar-refractivity contribution in [2.45, 2.75) is 25.7 Å². The Hall–Kier alpha value is -2.94. The van der Waals surface area contributed by atoms with Gasteiger partial charge in [0.1, 0.15) is 5.69 Å². The number of thiazole rings is 1. The first-order valence-corrected chi connectivity index (χ1v) is 10.00. The standard InChI is InChI=1S/C19H18N4O4S/c1-11-20-14(9-28-11)19(24)23-6-2-3-13(8-23)18-22-21-17(27-18)12-4-5-15-16(7-12)26-10-25-15/h4-5,7,9,13H,2-3,6,8,10H2,1H3/t13-/m0/s1. The lowest BCUT2D eigenvalue weighted by Gasteiger charge is -2.30. The van der Waals surface area contributed by atoms with Gasteiger partial charge in [-0.05, 0) is 38.0 Å². The van der Waals surface area contributed by atoms with E-state index in [4.69, 9.17) is 13.9 Å². The fourth-order valence-corrected chi connectivity index (χ4v) is 4.12. The highest BCUT2D eigenvalue weighted by Gasteiger charge is 2.30. The number of hydrogen-bond acceptors (Lipinski definition) is 8. The zero-order valence-electron chi connectivity index (χ0n) is 15.3. The molecule has 0 N–H and O–H groups in total. The monoisotopic (exact) mass is 398 g/mol. The summed E-state index contributed by atoms with van der Waals surface area (Å²) in [5, 5.41) is 11.1. The number of nitrogens with zero attached hydrogens (tertiary/aromatic N) is 4. The van der Waals surface area contributed by atoms with Gasteiger partial charge in [0.2, 0.25) is 18.6 Å². The zero-order valence-corrected chi connectivity index (χ0v) is 16.1. The Bertz CT molecular complexity index is 1030. The van der Waals surface area contributed by atoms with E-state index in [2.05, 4.69) is 15.2 Å². The van der Waals surface area contributed by atoms with Crippen molar-refractivity contribution in [3.05, 3.63) is 40.2 Å². The van der Waals surface area contributed by atoms with Crippen molar-refractivity contribution in [2.24, 2.45) is 0 Å². The number of piperidine rings is 1. The van der Waals surface area contributed by atoms with Crippen LogP contribution in [0, 0.1) is 6.92 Å². The second kappa shape index (κ2) is 6.90. The van der Waals surface area contributed by atoms with Gasteiger partial charge in [-0.15, -0.1) is 21.5 Å². The summed E-state index contributed by atoms with van der Waals surface area (Å²) < 4.78 is 16.7. The van der Waals surface area contributed by atoms with Crippen LogP contribution in [-0.2, 0) is 0 Å². The molecule has 2 aliphatic rings. The first kappa shape index (κ1) is 17.2. The molecule has 1 saturated heterocycles. The average molecular weight is 398 g/mol. The van der Waals surface area contributed by atoms with Gasteiger partial charge in [0.05, 0.1) is 10.9 Å². The topological polar surface area (TPSA) is 90.6 Å². The zero-order chi connectivity index (χ0) is 19.1. The number of likely N-dealkylation sites (tertiary alicyclic amines) is 1. The number of benzene rings is 1. The third-order valence-corrected chi connectivity index (χ3v) is 5.73. The molecule has 0 aliphatic carbocycles. The van der Waals surface area contributed by atoms with E-state index >= 15 is 0 Å². The molecule has 1 atom stereocenters. The van der Waals surface area contributed by atoms with Gasteiger partial charge < -0.3 is 18.8 Å². The number of rotatable bonds is 3. The molecule has 0 bridgehead atoms. The molecule has 2 aromatic heterocycles. The molecule has 0 spiro atoms. The van der Waals surface area contributed by atoms with Crippen LogP contribution in [0.2, 0.25) is 0 Å². The Morgan fingerprint density at radius 2 is 2.14 bits per heavy atom. The highest BCUT2D eigenvalue weighted by molar-refractivity contribution is 7.09. The van der Waals surface area contributed by atoms with E-state index in [0.29, 0.717) is 35.5 Å². The van der Waals surface area contributed by atoms with E-state index in [1.54, 1.807) is 0 Å². The van der Waals surface area contributed by atoms with Crippen molar-refractivity contribution in [1.82, 2.24) is 20.1 Å². The SMILES string of the molecule is Cc1nc(C(=O)N2CCC[C@H](c3nnc(-c4ccc5c(c4)OCO5)o3)C2)cs1. The first-order valence-electron chi connectivity index (χ1n) is 9.12. The number of hydrogen-bond donors (Lipinski definition) is 0. The maximum Gasteiger partial charge on any atom is 0.273 e. The summed E-state index contributed by atoms with van der Waals surface area (Å²) in [4.78, 5) is 18.8. The predicted molar refractivity (Wildman–Crippen MR) is 101 cm³/mol. The van der Waals surface area contributed by atoms with E-state index in [1.165, 1.54) is 11.3 Å². The fraction of sp³-hybridized carbons (Fsp3) is 0.368. The van der Waals surface area contributed by atoms with Crippen LogP contribution >= 0.6 is 11.3 Å². The number of aryl methyl sites for hydroxylation is 1. The summed E-state index contributed by atoms with van der Waals surface area (Å²) in [5.41, 5.74) is 1.29. The summed E-state index contributed by atoms with van der Waals surface area (Å²) in [6.45, 7) is 3.39. The smallest absolute Gasteiger partial charge is 0.273 e. The van der Waals surface area contributed by atoms with Crippen molar-refractivity contribution in [3.8, 4) is 23.0 Å². The molecular formula is C19H18N4O4S. The fourth-order valence-electron chi connectivity index (χ4n) is 3.53. The van der Waals surface area contributed by atoms with E-state index in [9.17, 15) is 4.79 Å². The van der Waals surface area contributed by atoms with Crippen LogP contribution in [0.3, 0.4) is 0 Å². The molecule has 2 aliphatic heterocycles. The minimum absolute atomic E-state index is 0.0210. The molecule has 144 valence electrons. The lowest BCUT2D eigenvalue weighted by molar-refractivity contribution is 0.0693. The van der Waals surface area contributed by atoms with E-state index < -0.39 is 0 Å². The molecule has 8 nitrogen and oxygen atoms in total. The van der Waals surface area contributed by atoms with Crippen LogP contribution in [0.15, 0.2) is 28.0 Å². The molecule has 0 radical (unpaired) electrons. The van der Waals surface area contributed by atoms with Gasteiger partial charge in [-0.3, -0.25) is 4.79 Å². The summed E-state index contributed by atoms with van der Waals surface area (Å²) in [6.07, 6.45) is 1.80. The Morgan fingerprint density at radius 1 is 1.25 bits per heavy atom. The van der Waals surface area contributed by atoms with Crippen LogP contribution in [0.5, 0.6) is 11.5 Å². The molecule has 4 heterocycles. The Kier molecular flexibility index (Phi) is 4.23. The third kappa shape index (κ3) is 3.11. The minimum Gasteiger partial charge on any atom is -0.454 e. The molecule has 1 amide bonds. The van der Waals surface area contributed by atoms with Gasteiger partial charge in [0, 0.05) is 24.0 Å². The maximum atomic E-state index is 12.7. The average Bonchev–Trinajstić information content (AvgIpc) is 3.47. The molecular weight excluding hydrogens is 380 g/mol. The highest BCUT2D eigenvalue weighted by atomic mass is 32.1. The molecule has 0 unspecified atom stereocenters. The van der Waals surface area contributed by atoms with Crippen molar-refractivity contribution in [2.75, 3.05) is 19.9 Å². The van der Waals surface area contributed by atoms with Gasteiger partial charge in [-0.2, -0.15) is 0 Å². The summed E-state index contributed by atoms with van der Waals surface area (Å²) in [6, 6.07) is 5.53. The van der Waals surface area contributed by atoms with Crippen molar-refractivity contribution in [3.63, 3.8) is 0 Å². The lowest BCUT2D eigenvalue weighted by Crippen LogP contribution is -2.39. The first-order chi connectivity index (χ1) is 13.7. The van der Waals surface area contributed by atoms with Gasteiger partial charge in [0.15, 0.2) is 11.5 Å². The molecule has 1 aromatic carbocycles. The predicted octanol–water partition coefficient (Wildman–Crippen LogP) is 3.25. The van der Waals surface area contributed by atoms with E-state index in [1.807, 2.05) is 35.4 Å². The van der Waals surface area contributed by atoms with Gasteiger partial charge in [-0.25, -0.2) is 4.98 Å². The van der Waals surface area contributed by atoms with Crippen molar-refractivity contribution in [1.29, 1.82) is 0 Å². The molecule has 1 fully saturated rings. The van der Waals surface area contributed by atoms with Crippen LogP contribution in [-0.4, -0.2) is 45.9 Å². The Morgan fingerprint density at radius 3 is 3.00 bits per heavy atom. The second-order valence-electron chi connectivity index (χ2n) is 6.86. The maximum absolute atomic E-state index is 12.7. The molecule has 0 saturated carbocycles. The van der Waals surface area contributed by atoms with Crippen LogP contribution in [0.1, 0.15) is 40.1 Å². The van der Waals surface area contributed by atoms with Crippen LogP contribution in [0.4, 0.5) is 0 Å². The lowest BCUT2D eigenvalue weighted by atomic mass is 9.98. The number of ether oxygens (including phenoxy) is 2. The largest absolute Gasteiger partial charge is 0.454 e. The molecule has 3 aromatic rings. The summed E-state index contributed by atoms with van der Waals surface area (Å²) in [7, 11) is 0. The number of amides is 1. The second-order valence-corrected chi connectivity index (χ2v) is 7.92. The van der Waals surface area contributed by atoms with Crippen molar-refractivity contribution < 1.29 is 18.7 Å². The Labute approximate surface area is 165 Å². The normalized spacial score (nSPS) is 18.5. The Balaban J connectivity index is 1.33. The molecule has 28 heavy (non-hydrogen) atoms. The minimum atomic E-state index is -0.0374. The number of carbonyl (C=O) groups is 1. The van der Waals surface area contributed by atoms with Crippen LogP contribution < -0.4 is 9.47 Å². The molecule has 5 rings (SSSR count). The number of carbonyl (C=O) groups excluding carboxylic acids is 1. The van der Waals surface area contributed by atoms with Crippen molar-refractivity contribution >= 4 is 17.2 Å². The number of aromatic nitrogens is 3. The quantitative estimate of drug-likeness (QED) is 0.669. The third-order valence-electron chi connectivity index (χ3n) is 4.96. The molecule has 9 heteroatoms.